The van der Waals surface area contributed by atoms with Gasteiger partial charge in [0.15, 0.2) is 0 Å². The van der Waals surface area contributed by atoms with Crippen molar-refractivity contribution in [3.63, 3.8) is 0 Å². The van der Waals surface area contributed by atoms with Crippen molar-refractivity contribution in [2.75, 3.05) is 0 Å². The maximum Gasteiger partial charge on any atom is 0.326 e. The predicted molar refractivity (Wildman–Crippen MR) is 70.2 cm³/mol. The molecule has 0 saturated heterocycles. The van der Waals surface area contributed by atoms with Crippen LogP contribution in [0.5, 0.6) is 0 Å². The molecule has 0 aliphatic rings. The van der Waals surface area contributed by atoms with Crippen molar-refractivity contribution in [2.45, 2.75) is 13.0 Å². The van der Waals surface area contributed by atoms with Crippen LogP contribution in [0.4, 0.5) is 0 Å². The third kappa shape index (κ3) is 2.01. The van der Waals surface area contributed by atoms with Gasteiger partial charge in [0.05, 0.1) is 0 Å². The summed E-state index contributed by atoms with van der Waals surface area (Å²) in [6.45, 7) is 1.63. The fraction of sp³-hybridized carbons (Fsp3) is 0.167. The van der Waals surface area contributed by atoms with Crippen LogP contribution in [0.25, 0.3) is 10.9 Å². The van der Waals surface area contributed by atoms with Gasteiger partial charge in [0.2, 0.25) is 0 Å². The summed E-state index contributed by atoms with van der Waals surface area (Å²) < 4.78 is 1.69. The molecule has 0 fully saturated rings. The van der Waals surface area contributed by atoms with E-state index in [9.17, 15) is 4.79 Å². The Balaban J connectivity index is 2.61. The minimum atomic E-state index is -0.872. The first-order valence-electron chi connectivity index (χ1n) is 5.14. The van der Waals surface area contributed by atoms with Gasteiger partial charge in [-0.25, -0.2) is 4.79 Å². The Labute approximate surface area is 104 Å². The molecule has 1 aromatic carbocycles. The van der Waals surface area contributed by atoms with Gasteiger partial charge in [-0.05, 0) is 24.4 Å². The van der Waals surface area contributed by atoms with E-state index in [0.717, 1.165) is 16.5 Å². The number of nitrogens with two attached hydrogens (primary N) is 1. The van der Waals surface area contributed by atoms with E-state index in [2.05, 4.69) is 0 Å². The maximum atomic E-state index is 11.0. The molecule has 1 unspecified atom stereocenters. The van der Waals surface area contributed by atoms with Crippen molar-refractivity contribution in [3.8, 4) is 0 Å². The highest BCUT2D eigenvalue weighted by Crippen LogP contribution is 2.21. The summed E-state index contributed by atoms with van der Waals surface area (Å²) in [7, 11) is 0. The molecule has 2 aromatic rings. The Hall–Kier alpha value is -1.88. The van der Waals surface area contributed by atoms with E-state index < -0.39 is 12.0 Å². The van der Waals surface area contributed by atoms with Gasteiger partial charge in [-0.2, -0.15) is 0 Å². The van der Waals surface area contributed by atoms with E-state index in [1.54, 1.807) is 17.7 Å². The minimum absolute atomic E-state index is 0.308. The molecule has 0 bridgehead atoms. The fourth-order valence-electron chi connectivity index (χ4n) is 1.76. The zero-order valence-corrected chi connectivity index (χ0v) is 10.1. The number of carbonyl (C=O) groups is 1. The summed E-state index contributed by atoms with van der Waals surface area (Å²) in [5.74, 6) is -0.872. The Bertz CT molecular complexity index is 604. The van der Waals surface area contributed by atoms with Crippen LogP contribution in [0, 0.1) is 0 Å². The molecule has 1 heterocycles. The number of aromatic nitrogens is 1. The van der Waals surface area contributed by atoms with Gasteiger partial charge in [0, 0.05) is 17.3 Å². The molecule has 1 atom stereocenters. The molecule has 0 aliphatic heterocycles. The number of benzene rings is 1. The van der Waals surface area contributed by atoms with Crippen LogP contribution in [0.2, 0.25) is 0 Å². The van der Waals surface area contributed by atoms with E-state index >= 15 is 0 Å². The number of carboxylic acid groups (broad SMARTS) is 1. The summed E-state index contributed by atoms with van der Waals surface area (Å²) in [4.78, 5) is 11.3. The first kappa shape index (κ1) is 11.6. The molecule has 3 N–H and O–H groups in total. The quantitative estimate of drug-likeness (QED) is 0.814. The molecule has 0 saturated carbocycles. The highest BCUT2D eigenvalue weighted by atomic mass is 32.1. The second-order valence-electron chi connectivity index (χ2n) is 3.88. The number of hydrogen-bond acceptors (Lipinski definition) is 2. The van der Waals surface area contributed by atoms with Gasteiger partial charge >= 0.3 is 5.97 Å². The smallest absolute Gasteiger partial charge is 0.326 e. The number of aliphatic carboxylic acids is 1. The number of thiocarbonyl (C=S) groups is 1. The van der Waals surface area contributed by atoms with Crippen molar-refractivity contribution in [1.29, 1.82) is 0 Å². The number of rotatable bonds is 3. The second kappa shape index (κ2) is 4.18. The van der Waals surface area contributed by atoms with Gasteiger partial charge < -0.3 is 15.4 Å². The highest BCUT2D eigenvalue weighted by Gasteiger charge is 2.15. The van der Waals surface area contributed by atoms with E-state index in [1.807, 2.05) is 24.3 Å². The highest BCUT2D eigenvalue weighted by molar-refractivity contribution is 7.80. The maximum absolute atomic E-state index is 11.0. The number of hydrogen-bond donors (Lipinski definition) is 2. The Morgan fingerprint density at radius 3 is 2.76 bits per heavy atom. The molecule has 2 rings (SSSR count). The van der Waals surface area contributed by atoms with E-state index in [4.69, 9.17) is 23.1 Å². The Kier molecular flexibility index (Phi) is 2.85. The lowest BCUT2D eigenvalue weighted by Gasteiger charge is -2.10. The number of nitrogens with zero attached hydrogens (tertiary/aromatic N) is 1. The van der Waals surface area contributed by atoms with Crippen LogP contribution in [0.15, 0.2) is 30.5 Å². The zero-order valence-electron chi connectivity index (χ0n) is 9.25. The van der Waals surface area contributed by atoms with Crippen LogP contribution in [0.1, 0.15) is 18.5 Å². The molecule has 0 amide bonds. The van der Waals surface area contributed by atoms with Crippen LogP contribution in [0.3, 0.4) is 0 Å². The van der Waals surface area contributed by atoms with Crippen LogP contribution < -0.4 is 5.73 Å². The van der Waals surface area contributed by atoms with E-state index in [0.29, 0.717) is 4.99 Å². The van der Waals surface area contributed by atoms with Gasteiger partial charge in [0.1, 0.15) is 11.0 Å². The largest absolute Gasteiger partial charge is 0.480 e. The molecule has 4 nitrogen and oxygen atoms in total. The lowest BCUT2D eigenvalue weighted by molar-refractivity contribution is -0.140. The minimum Gasteiger partial charge on any atom is -0.480 e. The molecule has 0 spiro atoms. The summed E-state index contributed by atoms with van der Waals surface area (Å²) in [6, 6.07) is 6.79. The van der Waals surface area contributed by atoms with Gasteiger partial charge in [-0.3, -0.25) is 0 Å². The van der Waals surface area contributed by atoms with Crippen molar-refractivity contribution in [3.05, 3.63) is 36.0 Å². The normalized spacial score (nSPS) is 12.5. The summed E-state index contributed by atoms with van der Waals surface area (Å²) in [5, 5.41) is 9.99. The van der Waals surface area contributed by atoms with E-state index in [-0.39, 0.29) is 0 Å². The first-order chi connectivity index (χ1) is 8.00. The standard InChI is InChI=1S/C12H12N2O2S/c1-7(12(15)16)14-5-4-8-2-3-9(11(13)17)6-10(8)14/h2-7H,1H3,(H2,13,17)(H,15,16). The van der Waals surface area contributed by atoms with Gasteiger partial charge in [-0.1, -0.05) is 24.4 Å². The molecule has 0 aliphatic carbocycles. The predicted octanol–water partition coefficient (Wildman–Crippen LogP) is 1.92. The molecule has 17 heavy (non-hydrogen) atoms. The zero-order chi connectivity index (χ0) is 12.6. The summed E-state index contributed by atoms with van der Waals surface area (Å²) in [6.07, 6.45) is 1.76. The fourth-order valence-corrected chi connectivity index (χ4v) is 1.89. The van der Waals surface area contributed by atoms with Crippen molar-refractivity contribution >= 4 is 34.1 Å². The van der Waals surface area contributed by atoms with Gasteiger partial charge in [-0.15, -0.1) is 0 Å². The molecule has 1 aromatic heterocycles. The number of fused-ring (bicyclic) bond motifs is 1. The lowest BCUT2D eigenvalue weighted by Crippen LogP contribution is -2.15. The average molecular weight is 248 g/mol. The molecular formula is C12H12N2O2S. The Morgan fingerprint density at radius 1 is 1.47 bits per heavy atom. The van der Waals surface area contributed by atoms with Crippen molar-refractivity contribution < 1.29 is 9.90 Å². The SMILES string of the molecule is CC(C(=O)O)n1ccc2ccc(C(N)=S)cc21. The van der Waals surface area contributed by atoms with E-state index in [1.165, 1.54) is 0 Å². The average Bonchev–Trinajstić information content (AvgIpc) is 2.70. The lowest BCUT2D eigenvalue weighted by atomic mass is 10.1. The molecular weight excluding hydrogens is 236 g/mol. The third-order valence-electron chi connectivity index (χ3n) is 2.78. The first-order valence-corrected chi connectivity index (χ1v) is 5.54. The molecule has 88 valence electrons. The Morgan fingerprint density at radius 2 is 2.18 bits per heavy atom. The van der Waals surface area contributed by atoms with Crippen LogP contribution in [-0.4, -0.2) is 20.6 Å². The van der Waals surface area contributed by atoms with Crippen molar-refractivity contribution in [1.82, 2.24) is 4.57 Å². The monoisotopic (exact) mass is 248 g/mol. The van der Waals surface area contributed by atoms with Crippen molar-refractivity contribution in [2.24, 2.45) is 5.73 Å². The second-order valence-corrected chi connectivity index (χ2v) is 4.31. The summed E-state index contributed by atoms with van der Waals surface area (Å²) >= 11 is 4.91. The molecule has 0 radical (unpaired) electrons. The summed E-state index contributed by atoms with van der Waals surface area (Å²) in [5.41, 5.74) is 7.13. The topological polar surface area (TPSA) is 68.2 Å². The molecule has 5 heteroatoms. The van der Waals surface area contributed by atoms with Gasteiger partial charge in [0.25, 0.3) is 0 Å². The van der Waals surface area contributed by atoms with Crippen LogP contribution in [-0.2, 0) is 4.79 Å². The number of carboxylic acids is 1. The van der Waals surface area contributed by atoms with Crippen LogP contribution >= 0.6 is 12.2 Å². The third-order valence-corrected chi connectivity index (χ3v) is 3.02.